The van der Waals surface area contributed by atoms with Crippen LogP contribution in [0.25, 0.3) is 0 Å². The fourth-order valence-electron chi connectivity index (χ4n) is 5.90. The molecule has 0 atom stereocenters. The van der Waals surface area contributed by atoms with Gasteiger partial charge in [-0.3, -0.25) is 0 Å². The van der Waals surface area contributed by atoms with Crippen molar-refractivity contribution in [1.82, 2.24) is 0 Å². The molecule has 0 spiro atoms. The molecule has 1 aromatic rings. The van der Waals surface area contributed by atoms with Gasteiger partial charge in [-0.1, -0.05) is 113 Å². The summed E-state index contributed by atoms with van der Waals surface area (Å²) in [6.45, 7) is 4.57. The summed E-state index contributed by atoms with van der Waals surface area (Å²) in [6, 6.07) is 13.6. The second kappa shape index (κ2) is 11.7. The molecular formula is C30H43N. The van der Waals surface area contributed by atoms with E-state index >= 15 is 0 Å². The van der Waals surface area contributed by atoms with Crippen LogP contribution in [-0.4, -0.2) is 0 Å². The Hall–Kier alpha value is -1.81. The van der Waals surface area contributed by atoms with Gasteiger partial charge in [0.1, 0.15) is 0 Å². The molecule has 0 amide bonds. The van der Waals surface area contributed by atoms with E-state index in [1.165, 1.54) is 69.8 Å². The molecule has 1 saturated carbocycles. The number of nitrogens with zero attached hydrogens (tertiary/aromatic N) is 1. The number of unbranched alkanes of at least 4 members (excludes halogenated alkanes) is 5. The molecule has 0 aliphatic heterocycles. The molecule has 168 valence electrons. The smallest absolute Gasteiger partial charge is 0.0689 e. The number of nitriles is 1. The quantitative estimate of drug-likeness (QED) is 0.260. The Morgan fingerprint density at radius 2 is 1.48 bits per heavy atom. The molecule has 0 radical (unpaired) electrons. The molecule has 1 nitrogen and oxygen atoms in total. The Kier molecular flexibility index (Phi) is 9.01. The van der Waals surface area contributed by atoms with Crippen molar-refractivity contribution in [3.63, 3.8) is 0 Å². The van der Waals surface area contributed by atoms with Gasteiger partial charge in [-0.05, 0) is 50.0 Å². The van der Waals surface area contributed by atoms with Crippen LogP contribution < -0.4 is 0 Å². The van der Waals surface area contributed by atoms with Gasteiger partial charge in [0.05, 0.1) is 11.5 Å². The number of allylic oxidation sites excluding steroid dienone is 4. The second-order valence-electron chi connectivity index (χ2n) is 10.2. The predicted octanol–water partition coefficient (Wildman–Crippen LogP) is 9.13. The highest BCUT2D eigenvalue weighted by Gasteiger charge is 2.42. The van der Waals surface area contributed by atoms with Crippen LogP contribution in [0.5, 0.6) is 0 Å². The molecule has 3 rings (SSSR count). The van der Waals surface area contributed by atoms with Gasteiger partial charge in [0.25, 0.3) is 0 Å². The minimum Gasteiger partial charge on any atom is -0.198 e. The first kappa shape index (κ1) is 23.8. The number of hydrogen-bond donors (Lipinski definition) is 0. The van der Waals surface area contributed by atoms with Gasteiger partial charge >= 0.3 is 0 Å². The van der Waals surface area contributed by atoms with E-state index in [1.807, 2.05) is 0 Å². The summed E-state index contributed by atoms with van der Waals surface area (Å²) in [6.07, 6.45) is 26.0. The van der Waals surface area contributed by atoms with E-state index in [1.54, 1.807) is 0 Å². The molecule has 0 aromatic heterocycles. The first-order valence-electron chi connectivity index (χ1n) is 13.0. The molecule has 0 bridgehead atoms. The van der Waals surface area contributed by atoms with Crippen LogP contribution in [0.15, 0.2) is 54.6 Å². The lowest BCUT2D eigenvalue weighted by atomic mass is 9.59. The molecule has 31 heavy (non-hydrogen) atoms. The molecule has 1 heteroatoms. The highest BCUT2D eigenvalue weighted by atomic mass is 14.5. The van der Waals surface area contributed by atoms with Crippen LogP contribution in [0.3, 0.4) is 0 Å². The largest absolute Gasteiger partial charge is 0.198 e. The topological polar surface area (TPSA) is 23.8 Å². The second-order valence-corrected chi connectivity index (χ2v) is 10.2. The summed E-state index contributed by atoms with van der Waals surface area (Å²) in [4.78, 5) is 0. The Bertz CT molecular complexity index is 728. The van der Waals surface area contributed by atoms with E-state index in [0.29, 0.717) is 11.8 Å². The van der Waals surface area contributed by atoms with Crippen LogP contribution in [0.4, 0.5) is 0 Å². The third-order valence-electron chi connectivity index (χ3n) is 8.07. The molecule has 0 saturated heterocycles. The van der Waals surface area contributed by atoms with Crippen molar-refractivity contribution in [1.29, 1.82) is 5.26 Å². The van der Waals surface area contributed by atoms with E-state index < -0.39 is 0 Å². The lowest BCUT2D eigenvalue weighted by Gasteiger charge is -2.45. The Balaban J connectivity index is 1.64. The lowest BCUT2D eigenvalue weighted by molar-refractivity contribution is 0.127. The highest BCUT2D eigenvalue weighted by molar-refractivity contribution is 5.34. The minimum absolute atomic E-state index is 0.0523. The Morgan fingerprint density at radius 3 is 2.10 bits per heavy atom. The zero-order valence-electron chi connectivity index (χ0n) is 20.0. The van der Waals surface area contributed by atoms with Gasteiger partial charge in [0, 0.05) is 11.3 Å². The van der Waals surface area contributed by atoms with Crippen LogP contribution >= 0.6 is 0 Å². The fraction of sp³-hybridized carbons (Fsp3) is 0.633. The average Bonchev–Trinajstić information content (AvgIpc) is 2.84. The minimum atomic E-state index is -0.0523. The third kappa shape index (κ3) is 6.12. The fourth-order valence-corrected chi connectivity index (χ4v) is 5.90. The van der Waals surface area contributed by atoms with Gasteiger partial charge in [-0.15, -0.1) is 0 Å². The SMILES string of the molecule is CCCCCCCC1(C#N)CCC(C2(CCCC)C=CC(c3ccccc3)C=C2)CC1. The van der Waals surface area contributed by atoms with Crippen LogP contribution in [0, 0.1) is 28.1 Å². The monoisotopic (exact) mass is 417 g/mol. The van der Waals surface area contributed by atoms with Crippen molar-refractivity contribution in [2.75, 3.05) is 0 Å². The summed E-state index contributed by atoms with van der Waals surface area (Å²) >= 11 is 0. The summed E-state index contributed by atoms with van der Waals surface area (Å²) in [7, 11) is 0. The molecule has 0 heterocycles. The highest BCUT2D eigenvalue weighted by Crippen LogP contribution is 2.52. The maximum absolute atomic E-state index is 10.0. The average molecular weight is 418 g/mol. The van der Waals surface area contributed by atoms with E-state index in [2.05, 4.69) is 74.6 Å². The number of hydrogen-bond acceptors (Lipinski definition) is 1. The van der Waals surface area contributed by atoms with Crippen LogP contribution in [-0.2, 0) is 0 Å². The van der Waals surface area contributed by atoms with Crippen molar-refractivity contribution < 1.29 is 0 Å². The van der Waals surface area contributed by atoms with Crippen molar-refractivity contribution in [2.45, 2.75) is 103 Å². The normalized spacial score (nSPS) is 30.2. The zero-order chi connectivity index (χ0) is 22.0. The summed E-state index contributed by atoms with van der Waals surface area (Å²) in [5.74, 6) is 1.09. The van der Waals surface area contributed by atoms with Crippen molar-refractivity contribution >= 4 is 0 Å². The lowest BCUT2D eigenvalue weighted by Crippen LogP contribution is -2.35. The van der Waals surface area contributed by atoms with Crippen LogP contribution in [0.2, 0.25) is 0 Å². The molecule has 2 aliphatic carbocycles. The van der Waals surface area contributed by atoms with E-state index in [-0.39, 0.29) is 10.8 Å². The molecule has 1 aromatic carbocycles. The van der Waals surface area contributed by atoms with E-state index in [9.17, 15) is 5.26 Å². The summed E-state index contributed by atoms with van der Waals surface area (Å²) in [5, 5.41) is 10.0. The first-order chi connectivity index (χ1) is 15.2. The molecule has 0 unspecified atom stereocenters. The third-order valence-corrected chi connectivity index (χ3v) is 8.07. The predicted molar refractivity (Wildman–Crippen MR) is 133 cm³/mol. The van der Waals surface area contributed by atoms with Crippen molar-refractivity contribution in [3.05, 3.63) is 60.2 Å². The van der Waals surface area contributed by atoms with E-state index in [4.69, 9.17) is 0 Å². The summed E-state index contributed by atoms with van der Waals surface area (Å²) in [5.41, 5.74) is 1.53. The summed E-state index contributed by atoms with van der Waals surface area (Å²) < 4.78 is 0. The van der Waals surface area contributed by atoms with Gasteiger partial charge in [0.2, 0.25) is 0 Å². The molecule has 0 N–H and O–H groups in total. The molecule has 2 aliphatic rings. The van der Waals surface area contributed by atoms with Gasteiger partial charge in [-0.2, -0.15) is 5.26 Å². The Morgan fingerprint density at radius 1 is 0.839 bits per heavy atom. The molecular weight excluding hydrogens is 374 g/mol. The van der Waals surface area contributed by atoms with Crippen LogP contribution in [0.1, 0.15) is 109 Å². The van der Waals surface area contributed by atoms with Crippen molar-refractivity contribution in [2.24, 2.45) is 16.7 Å². The number of benzene rings is 1. The first-order valence-corrected chi connectivity index (χ1v) is 13.0. The molecule has 1 fully saturated rings. The van der Waals surface area contributed by atoms with Gasteiger partial charge < -0.3 is 0 Å². The van der Waals surface area contributed by atoms with E-state index in [0.717, 1.165) is 19.3 Å². The zero-order valence-corrected chi connectivity index (χ0v) is 20.0. The Labute approximate surface area is 191 Å². The maximum Gasteiger partial charge on any atom is 0.0689 e. The standard InChI is InChI=1S/C30H43N/c1-3-5-7-8-12-19-29(25-31)21-17-28(18-22-29)30(20-6-4-2)23-15-27(16-24-30)26-13-10-9-11-14-26/h9-11,13-16,23-24,27-28H,3-8,12,17-22H2,1-2H3. The number of rotatable bonds is 11. The van der Waals surface area contributed by atoms with Gasteiger partial charge in [-0.25, -0.2) is 0 Å². The van der Waals surface area contributed by atoms with Gasteiger partial charge in [0.15, 0.2) is 0 Å². The van der Waals surface area contributed by atoms with Crippen molar-refractivity contribution in [3.8, 4) is 6.07 Å². The maximum atomic E-state index is 10.0.